The normalized spacial score (nSPS) is 36.8. The second-order valence-electron chi connectivity index (χ2n) is 6.40. The molecule has 3 aliphatic rings. The molecule has 0 amide bonds. The fourth-order valence-electron chi connectivity index (χ4n) is 3.76. The predicted molar refractivity (Wildman–Crippen MR) is 75.6 cm³/mol. The van der Waals surface area contributed by atoms with Crippen molar-refractivity contribution in [3.05, 3.63) is 0 Å². The Hall–Kier alpha value is 0.650. The van der Waals surface area contributed by atoms with Crippen molar-refractivity contribution >= 4 is 22.9 Å². The molecule has 3 rings (SSSR count). The lowest BCUT2D eigenvalue weighted by atomic mass is 9.66. The average Bonchev–Trinajstić information content (AvgIpc) is 2.63. The molecular formula is C13H23IN2. The van der Waals surface area contributed by atoms with E-state index in [-0.39, 0.29) is 0 Å². The molecule has 0 N–H and O–H groups in total. The summed E-state index contributed by atoms with van der Waals surface area (Å²) in [5.74, 6) is 0.996. The number of nitrogens with zero attached hydrogens (tertiary/aromatic N) is 2. The van der Waals surface area contributed by atoms with Crippen LogP contribution in [-0.4, -0.2) is 40.2 Å². The fourth-order valence-corrected chi connectivity index (χ4v) is 4.50. The third-order valence-electron chi connectivity index (χ3n) is 5.04. The van der Waals surface area contributed by atoms with E-state index in [0.29, 0.717) is 0 Å². The molecule has 2 aliphatic heterocycles. The van der Waals surface area contributed by atoms with Gasteiger partial charge in [-0.25, -0.2) is 3.11 Å². The summed E-state index contributed by atoms with van der Waals surface area (Å²) in [6, 6.07) is 0.877. The molecule has 2 nitrogen and oxygen atoms in total. The average molecular weight is 334 g/mol. The Labute approximate surface area is 113 Å². The molecule has 92 valence electrons. The van der Waals surface area contributed by atoms with Crippen LogP contribution in [0.15, 0.2) is 0 Å². The molecule has 0 aromatic rings. The van der Waals surface area contributed by atoms with E-state index in [1.165, 1.54) is 58.3 Å². The van der Waals surface area contributed by atoms with Gasteiger partial charge in [0, 0.05) is 55.1 Å². The van der Waals surface area contributed by atoms with Gasteiger partial charge >= 0.3 is 0 Å². The molecule has 0 bridgehead atoms. The van der Waals surface area contributed by atoms with Crippen molar-refractivity contribution in [2.45, 2.75) is 45.1 Å². The van der Waals surface area contributed by atoms with Gasteiger partial charge in [0.25, 0.3) is 0 Å². The smallest absolute Gasteiger partial charge is 0.0244 e. The second-order valence-corrected chi connectivity index (χ2v) is 7.76. The number of rotatable bonds is 1. The lowest BCUT2D eigenvalue weighted by Gasteiger charge is -2.55. The molecule has 0 aromatic heterocycles. The summed E-state index contributed by atoms with van der Waals surface area (Å²) in [4.78, 5) is 2.76. The Balaban J connectivity index is 1.50. The van der Waals surface area contributed by atoms with Gasteiger partial charge in [-0.05, 0) is 30.6 Å². The Morgan fingerprint density at radius 2 is 1.81 bits per heavy atom. The highest BCUT2D eigenvalue weighted by Crippen LogP contribution is 2.46. The predicted octanol–water partition coefficient (Wildman–Crippen LogP) is 2.92. The van der Waals surface area contributed by atoms with Gasteiger partial charge in [-0.3, -0.25) is 4.90 Å². The second kappa shape index (κ2) is 4.39. The molecule has 0 unspecified atom stereocenters. The van der Waals surface area contributed by atoms with E-state index >= 15 is 0 Å². The first-order chi connectivity index (χ1) is 7.67. The summed E-state index contributed by atoms with van der Waals surface area (Å²) < 4.78 is 2.45. The van der Waals surface area contributed by atoms with E-state index in [1.54, 1.807) is 0 Å². The summed E-state index contributed by atoms with van der Waals surface area (Å²) >= 11 is 2.48. The molecule has 1 spiro atoms. The largest absolute Gasteiger partial charge is 0.298 e. The maximum atomic E-state index is 2.76. The van der Waals surface area contributed by atoms with Crippen molar-refractivity contribution in [1.29, 1.82) is 0 Å². The fraction of sp³-hybridized carbons (Fsp3) is 1.00. The molecule has 1 saturated carbocycles. The molecule has 0 aromatic carbocycles. The summed E-state index contributed by atoms with van der Waals surface area (Å²) in [6.07, 6.45) is 7.37. The number of likely N-dealkylation sites (tertiary alicyclic amines) is 1. The highest BCUT2D eigenvalue weighted by Gasteiger charge is 2.47. The van der Waals surface area contributed by atoms with E-state index in [4.69, 9.17) is 0 Å². The zero-order chi connectivity index (χ0) is 11.2. The SMILES string of the molecule is CC1CCC2(CC1)CN([C@@H]1CCN(I)C1)C2. The Bertz CT molecular complexity index is 253. The van der Waals surface area contributed by atoms with E-state index in [1.807, 2.05) is 0 Å². The van der Waals surface area contributed by atoms with E-state index in [2.05, 4.69) is 37.8 Å². The van der Waals surface area contributed by atoms with Crippen molar-refractivity contribution in [1.82, 2.24) is 8.01 Å². The van der Waals surface area contributed by atoms with Gasteiger partial charge < -0.3 is 0 Å². The first kappa shape index (κ1) is 11.7. The van der Waals surface area contributed by atoms with Crippen LogP contribution in [0, 0.1) is 11.3 Å². The van der Waals surface area contributed by atoms with Crippen molar-refractivity contribution in [3.63, 3.8) is 0 Å². The van der Waals surface area contributed by atoms with Gasteiger partial charge in [-0.1, -0.05) is 19.8 Å². The van der Waals surface area contributed by atoms with E-state index < -0.39 is 0 Å². The number of hydrogen-bond acceptors (Lipinski definition) is 2. The molecule has 1 aliphatic carbocycles. The topological polar surface area (TPSA) is 6.48 Å². The van der Waals surface area contributed by atoms with Crippen LogP contribution in [0.25, 0.3) is 0 Å². The summed E-state index contributed by atoms with van der Waals surface area (Å²) in [5, 5.41) is 0. The highest BCUT2D eigenvalue weighted by molar-refractivity contribution is 14.1. The molecule has 3 fully saturated rings. The number of halogens is 1. The van der Waals surface area contributed by atoms with Crippen molar-refractivity contribution < 1.29 is 0 Å². The van der Waals surface area contributed by atoms with Crippen LogP contribution in [0.5, 0.6) is 0 Å². The minimum Gasteiger partial charge on any atom is -0.298 e. The molecule has 3 heteroatoms. The zero-order valence-electron chi connectivity index (χ0n) is 10.3. The van der Waals surface area contributed by atoms with Crippen LogP contribution >= 0.6 is 22.9 Å². The van der Waals surface area contributed by atoms with Crippen LogP contribution in [0.4, 0.5) is 0 Å². The highest BCUT2D eigenvalue weighted by atomic mass is 127. The Kier molecular flexibility index (Phi) is 3.22. The van der Waals surface area contributed by atoms with E-state index in [9.17, 15) is 0 Å². The van der Waals surface area contributed by atoms with Crippen LogP contribution < -0.4 is 0 Å². The molecular weight excluding hydrogens is 311 g/mol. The molecule has 1 atom stereocenters. The molecule has 0 radical (unpaired) electrons. The standard InChI is InChI=1S/C13H23IN2/c1-11-2-5-13(6-3-11)9-15(10-13)12-4-7-16(14)8-12/h11-12H,2-10H2,1H3/t12-/m1/s1. The van der Waals surface area contributed by atoms with Crippen molar-refractivity contribution in [2.75, 3.05) is 26.2 Å². The van der Waals surface area contributed by atoms with Crippen LogP contribution in [-0.2, 0) is 0 Å². The molecule has 16 heavy (non-hydrogen) atoms. The lowest BCUT2D eigenvalue weighted by molar-refractivity contribution is -0.0579. The van der Waals surface area contributed by atoms with Crippen LogP contribution in [0.3, 0.4) is 0 Å². The summed E-state index contributed by atoms with van der Waals surface area (Å²) in [6.45, 7) is 7.84. The number of hydrogen-bond donors (Lipinski definition) is 0. The van der Waals surface area contributed by atoms with Crippen molar-refractivity contribution in [3.8, 4) is 0 Å². The van der Waals surface area contributed by atoms with Gasteiger partial charge in [0.2, 0.25) is 0 Å². The van der Waals surface area contributed by atoms with Gasteiger partial charge in [0.1, 0.15) is 0 Å². The third kappa shape index (κ3) is 2.15. The van der Waals surface area contributed by atoms with Crippen LogP contribution in [0.1, 0.15) is 39.0 Å². The molecule has 2 saturated heterocycles. The Morgan fingerprint density at radius 1 is 1.12 bits per heavy atom. The minimum atomic E-state index is 0.755. The first-order valence-electron chi connectivity index (χ1n) is 6.82. The summed E-state index contributed by atoms with van der Waals surface area (Å²) in [5.41, 5.74) is 0.755. The van der Waals surface area contributed by atoms with E-state index in [0.717, 1.165) is 17.4 Å². The van der Waals surface area contributed by atoms with Crippen molar-refractivity contribution in [2.24, 2.45) is 11.3 Å². The minimum absolute atomic E-state index is 0.755. The zero-order valence-corrected chi connectivity index (χ0v) is 12.4. The lowest BCUT2D eigenvalue weighted by Crippen LogP contribution is -2.61. The van der Waals surface area contributed by atoms with Gasteiger partial charge in [-0.2, -0.15) is 0 Å². The summed E-state index contributed by atoms with van der Waals surface area (Å²) in [7, 11) is 0. The van der Waals surface area contributed by atoms with Crippen LogP contribution in [0.2, 0.25) is 0 Å². The first-order valence-corrected chi connectivity index (χ1v) is 7.78. The molecule has 2 heterocycles. The van der Waals surface area contributed by atoms with Gasteiger partial charge in [0.05, 0.1) is 0 Å². The maximum Gasteiger partial charge on any atom is 0.0244 e. The van der Waals surface area contributed by atoms with Gasteiger partial charge in [-0.15, -0.1) is 0 Å². The Morgan fingerprint density at radius 3 is 2.38 bits per heavy atom. The third-order valence-corrected chi connectivity index (χ3v) is 5.92. The maximum absolute atomic E-state index is 2.76. The monoisotopic (exact) mass is 334 g/mol. The quantitative estimate of drug-likeness (QED) is 0.537. The van der Waals surface area contributed by atoms with Gasteiger partial charge in [0.15, 0.2) is 0 Å².